The van der Waals surface area contributed by atoms with Crippen LogP contribution in [0.25, 0.3) is 16.5 Å². The largest absolute Gasteiger partial charge is 0.457 e. The highest BCUT2D eigenvalue weighted by molar-refractivity contribution is 6.61. The molecular weight excluding hydrogens is 670 g/mol. The van der Waals surface area contributed by atoms with Crippen molar-refractivity contribution in [3.05, 3.63) is 127 Å². The molecule has 5 rings (SSSR count). The molecule has 0 bridgehead atoms. The number of amides is 2. The number of aromatic nitrogens is 3. The van der Waals surface area contributed by atoms with E-state index in [1.807, 2.05) is 61.5 Å². The van der Waals surface area contributed by atoms with Gasteiger partial charge in [-0.1, -0.05) is 75.9 Å². The Hall–Kier alpha value is -5.94. The molecule has 264 valence electrons. The van der Waals surface area contributed by atoms with Crippen LogP contribution in [0, 0.1) is 6.92 Å². The average molecular weight is 710 g/mol. The molecule has 2 heterocycles. The summed E-state index contributed by atoms with van der Waals surface area (Å²) in [6.07, 6.45) is 1.57. The molecule has 2 amide bonds. The van der Waals surface area contributed by atoms with Crippen molar-refractivity contribution >= 4 is 51.3 Å². The van der Waals surface area contributed by atoms with Crippen molar-refractivity contribution < 1.29 is 28.6 Å². The SMILES string of the molecule is C=C(C)OC(=O)Cc1cc(Oc2ccc(NC(=O)Nc3cc(C(C)(C)C)nn3-c3ccc(C)cc3)c3ccccc23)ccn1.C=C(C)OC(=O)Cl. The molecule has 2 N–H and O–H groups in total. The summed E-state index contributed by atoms with van der Waals surface area (Å²) in [5.74, 6) is 1.84. The average Bonchev–Trinajstić information content (AvgIpc) is 3.46. The molecule has 0 atom stereocenters. The van der Waals surface area contributed by atoms with E-state index in [-0.39, 0.29) is 11.8 Å². The molecule has 11 nitrogen and oxygen atoms in total. The monoisotopic (exact) mass is 709 g/mol. The number of carbonyl (C=O) groups is 3. The molecular formula is C39H40ClN5O6. The van der Waals surface area contributed by atoms with Crippen LogP contribution in [0.5, 0.6) is 11.5 Å². The summed E-state index contributed by atoms with van der Waals surface area (Å²) in [5.41, 5.74) is 2.91. The molecule has 2 aromatic heterocycles. The minimum atomic E-state index is -0.840. The van der Waals surface area contributed by atoms with E-state index in [4.69, 9.17) is 26.2 Å². The number of urea groups is 1. The fourth-order valence-electron chi connectivity index (χ4n) is 4.72. The molecule has 0 saturated carbocycles. The lowest BCUT2D eigenvalue weighted by molar-refractivity contribution is -0.138. The highest BCUT2D eigenvalue weighted by Crippen LogP contribution is 2.35. The van der Waals surface area contributed by atoms with Crippen molar-refractivity contribution in [2.24, 2.45) is 0 Å². The van der Waals surface area contributed by atoms with Crippen LogP contribution in [0.4, 0.5) is 21.1 Å². The Morgan fingerprint density at radius 3 is 2.14 bits per heavy atom. The van der Waals surface area contributed by atoms with Crippen LogP contribution in [0.15, 0.2) is 110 Å². The first-order valence-corrected chi connectivity index (χ1v) is 16.3. The molecule has 0 saturated heterocycles. The topological polar surface area (TPSA) is 134 Å². The zero-order chi connectivity index (χ0) is 37.3. The summed E-state index contributed by atoms with van der Waals surface area (Å²) in [5, 5.41) is 12.4. The molecule has 0 aliphatic heterocycles. The zero-order valence-electron chi connectivity index (χ0n) is 29.4. The summed E-state index contributed by atoms with van der Waals surface area (Å²) >= 11 is 4.75. The Bertz CT molecular complexity index is 2070. The summed E-state index contributed by atoms with van der Waals surface area (Å²) < 4.78 is 17.2. The minimum Gasteiger partial charge on any atom is -0.457 e. The molecule has 0 fully saturated rings. The van der Waals surface area contributed by atoms with Crippen LogP contribution < -0.4 is 15.4 Å². The van der Waals surface area contributed by atoms with Crippen molar-refractivity contribution in [1.82, 2.24) is 14.8 Å². The predicted octanol–water partition coefficient (Wildman–Crippen LogP) is 9.98. The number of benzene rings is 3. The van der Waals surface area contributed by atoms with Crippen molar-refractivity contribution in [2.75, 3.05) is 10.6 Å². The number of anilines is 2. The summed E-state index contributed by atoms with van der Waals surface area (Å²) in [6.45, 7) is 18.3. The summed E-state index contributed by atoms with van der Waals surface area (Å²) in [6, 6.07) is 24.1. The lowest BCUT2D eigenvalue weighted by Crippen LogP contribution is -2.21. The van der Waals surface area contributed by atoms with Crippen molar-refractivity contribution in [1.29, 1.82) is 0 Å². The first-order chi connectivity index (χ1) is 24.1. The molecule has 3 aromatic carbocycles. The van der Waals surface area contributed by atoms with E-state index in [9.17, 15) is 14.4 Å². The Morgan fingerprint density at radius 1 is 0.863 bits per heavy atom. The van der Waals surface area contributed by atoms with Crippen molar-refractivity contribution in [2.45, 2.75) is 53.4 Å². The minimum absolute atomic E-state index is 0.0111. The van der Waals surface area contributed by atoms with Gasteiger partial charge in [-0.15, -0.1) is 0 Å². The third kappa shape index (κ3) is 11.0. The number of ether oxygens (including phenoxy) is 3. The van der Waals surface area contributed by atoms with Gasteiger partial charge in [-0.2, -0.15) is 5.10 Å². The second-order valence-corrected chi connectivity index (χ2v) is 12.9. The van der Waals surface area contributed by atoms with Gasteiger partial charge in [-0.05, 0) is 51.1 Å². The van der Waals surface area contributed by atoms with E-state index in [0.29, 0.717) is 40.2 Å². The number of hydrogen-bond acceptors (Lipinski definition) is 8. The molecule has 5 aromatic rings. The summed E-state index contributed by atoms with van der Waals surface area (Å²) in [4.78, 5) is 39.4. The van der Waals surface area contributed by atoms with Crippen LogP contribution in [0.2, 0.25) is 0 Å². The van der Waals surface area contributed by atoms with Gasteiger partial charge in [0.05, 0.1) is 40.7 Å². The second kappa shape index (κ2) is 16.6. The fourth-order valence-corrected chi connectivity index (χ4v) is 4.85. The maximum Gasteiger partial charge on any atom is 0.408 e. The number of fused-ring (bicyclic) bond motifs is 1. The molecule has 0 aliphatic carbocycles. The normalized spacial score (nSPS) is 10.7. The lowest BCUT2D eigenvalue weighted by atomic mass is 9.92. The maximum absolute atomic E-state index is 13.3. The molecule has 0 radical (unpaired) electrons. The standard InChI is InChI=1S/C35H35N5O4.C4H5ClO2/c1-22(2)43-33(41)20-24-19-26(17-18-36-24)44-30-16-15-29(27-9-7-8-10-28(27)30)37-34(42)38-32-21-31(35(4,5)6)39-40(32)25-13-11-23(3)12-14-25;1-3(2)7-4(5)6/h7-19,21H,1,20H2,2-6H3,(H2,37,38,42);1H2,2H3. The molecule has 51 heavy (non-hydrogen) atoms. The second-order valence-electron chi connectivity index (χ2n) is 12.6. The number of rotatable bonds is 9. The van der Waals surface area contributed by atoms with Gasteiger partial charge in [0, 0.05) is 46.1 Å². The predicted molar refractivity (Wildman–Crippen MR) is 200 cm³/mol. The van der Waals surface area contributed by atoms with E-state index in [1.54, 1.807) is 49.0 Å². The summed E-state index contributed by atoms with van der Waals surface area (Å²) in [7, 11) is 0. The van der Waals surface area contributed by atoms with E-state index in [0.717, 1.165) is 27.7 Å². The van der Waals surface area contributed by atoms with Crippen LogP contribution >= 0.6 is 11.6 Å². The van der Waals surface area contributed by atoms with E-state index in [1.165, 1.54) is 0 Å². The third-order valence-corrected chi connectivity index (χ3v) is 7.09. The van der Waals surface area contributed by atoms with Crippen LogP contribution in [-0.4, -0.2) is 32.2 Å². The molecule has 0 aliphatic rings. The van der Waals surface area contributed by atoms with E-state index in [2.05, 4.69) is 54.3 Å². The van der Waals surface area contributed by atoms with E-state index >= 15 is 0 Å². The fraction of sp³-hybridized carbons (Fsp3) is 0.205. The quantitative estimate of drug-likeness (QED) is 0.0878. The van der Waals surface area contributed by atoms with Crippen molar-refractivity contribution in [3.8, 4) is 17.2 Å². The van der Waals surface area contributed by atoms with Gasteiger partial charge in [-0.3, -0.25) is 15.1 Å². The lowest BCUT2D eigenvalue weighted by Gasteiger charge is -2.14. The zero-order valence-corrected chi connectivity index (χ0v) is 30.1. The van der Waals surface area contributed by atoms with Crippen LogP contribution in [0.3, 0.4) is 0 Å². The molecule has 0 spiro atoms. The highest BCUT2D eigenvalue weighted by atomic mass is 35.5. The highest BCUT2D eigenvalue weighted by Gasteiger charge is 2.22. The molecule has 12 heteroatoms. The number of carbonyl (C=O) groups excluding carboxylic acids is 3. The number of halogens is 1. The Kier molecular flexibility index (Phi) is 12.4. The van der Waals surface area contributed by atoms with Gasteiger partial charge in [0.15, 0.2) is 0 Å². The number of nitrogens with zero attached hydrogens (tertiary/aromatic N) is 3. The number of esters is 1. The number of pyridine rings is 1. The maximum atomic E-state index is 13.3. The van der Waals surface area contributed by atoms with Gasteiger partial charge in [0.2, 0.25) is 0 Å². The number of hydrogen-bond donors (Lipinski definition) is 2. The molecule has 0 unspecified atom stereocenters. The smallest absolute Gasteiger partial charge is 0.408 e. The first kappa shape index (κ1) is 37.9. The third-order valence-electron chi connectivity index (χ3n) is 7.01. The number of allylic oxidation sites excluding steroid dienone is 2. The Balaban J connectivity index is 0.000000755. The number of nitrogens with one attached hydrogen (secondary N) is 2. The number of aryl methyl sites for hydroxylation is 1. The van der Waals surface area contributed by atoms with Crippen molar-refractivity contribution in [3.63, 3.8) is 0 Å². The van der Waals surface area contributed by atoms with Gasteiger partial charge < -0.3 is 19.5 Å². The van der Waals surface area contributed by atoms with Crippen LogP contribution in [0.1, 0.15) is 51.6 Å². The van der Waals surface area contributed by atoms with E-state index < -0.39 is 17.4 Å². The Labute approximate surface area is 301 Å². The van der Waals surface area contributed by atoms with Crippen LogP contribution in [-0.2, 0) is 26.1 Å². The first-order valence-electron chi connectivity index (χ1n) is 15.9. The van der Waals surface area contributed by atoms with Gasteiger partial charge in [0.1, 0.15) is 17.3 Å². The Morgan fingerprint density at radius 2 is 1.53 bits per heavy atom. The van der Waals surface area contributed by atoms with Gasteiger partial charge in [0.25, 0.3) is 0 Å². The van der Waals surface area contributed by atoms with Gasteiger partial charge in [-0.25, -0.2) is 14.3 Å². The van der Waals surface area contributed by atoms with Gasteiger partial charge >= 0.3 is 17.4 Å².